The summed E-state index contributed by atoms with van der Waals surface area (Å²) in [5.74, 6) is 0.448. The number of aryl methyl sites for hydroxylation is 2. The summed E-state index contributed by atoms with van der Waals surface area (Å²) in [5, 5.41) is 1.90. The Bertz CT molecular complexity index is 1230. The number of hydrogen-bond donors (Lipinski definition) is 0. The van der Waals surface area contributed by atoms with Crippen LogP contribution in [0.5, 0.6) is 0 Å². The predicted molar refractivity (Wildman–Crippen MR) is 101 cm³/mol. The monoisotopic (exact) mass is 333 g/mol. The van der Waals surface area contributed by atoms with E-state index in [9.17, 15) is 0 Å². The molecule has 0 saturated heterocycles. The Labute approximate surface area is 149 Å². The zero-order valence-corrected chi connectivity index (χ0v) is 13.9. The fourth-order valence-electron chi connectivity index (χ4n) is 3.52. The molecule has 0 unspecified atom stereocenters. The highest BCUT2D eigenvalue weighted by Gasteiger charge is 2.29. The van der Waals surface area contributed by atoms with E-state index in [2.05, 4.69) is 9.97 Å². The molecule has 3 aromatic heterocycles. The van der Waals surface area contributed by atoms with Crippen LogP contribution in [-0.4, -0.2) is 23.6 Å². The fraction of sp³-hybridized carbons (Fsp3) is 0.200. The first-order valence-corrected chi connectivity index (χ1v) is 8.14. The number of anilines is 3. The molecule has 0 N–H and O–H groups in total. The van der Waals surface area contributed by atoms with E-state index < -0.39 is 6.98 Å². The van der Waals surface area contributed by atoms with Crippen LogP contribution in [0.4, 0.5) is 17.2 Å². The van der Waals surface area contributed by atoms with Crippen molar-refractivity contribution in [3.63, 3.8) is 0 Å². The molecular weight excluding hydrogens is 312 g/mol. The van der Waals surface area contributed by atoms with Gasteiger partial charge in [0.05, 0.1) is 18.0 Å². The average Bonchev–Trinajstić information content (AvgIpc) is 3.19. The van der Waals surface area contributed by atoms with Gasteiger partial charge < -0.3 is 14.2 Å². The summed E-state index contributed by atoms with van der Waals surface area (Å²) in [6.45, 7) is 1.81. The van der Waals surface area contributed by atoms with Gasteiger partial charge in [0, 0.05) is 33.8 Å². The number of hydrogen-bond acceptors (Lipinski definition) is 5. The lowest BCUT2D eigenvalue weighted by Gasteiger charge is -2.21. The van der Waals surface area contributed by atoms with Gasteiger partial charge in [-0.05, 0) is 43.7 Å². The molecule has 25 heavy (non-hydrogen) atoms. The number of benzene rings is 1. The lowest BCUT2D eigenvalue weighted by atomic mass is 10.1. The second-order valence-electron chi connectivity index (χ2n) is 6.36. The summed E-state index contributed by atoms with van der Waals surface area (Å²) < 4.78 is 29.9. The predicted octanol–water partition coefficient (Wildman–Crippen LogP) is 4.54. The van der Waals surface area contributed by atoms with Gasteiger partial charge in [-0.3, -0.25) is 0 Å². The summed E-state index contributed by atoms with van der Waals surface area (Å²) in [6.07, 6.45) is 1.61. The number of pyridine rings is 2. The van der Waals surface area contributed by atoms with E-state index in [1.807, 2.05) is 55.1 Å². The Morgan fingerprint density at radius 1 is 1.12 bits per heavy atom. The molecule has 1 aromatic carbocycles. The molecule has 5 heteroatoms. The lowest BCUT2D eigenvalue weighted by molar-refractivity contribution is 0.651. The van der Waals surface area contributed by atoms with Crippen LogP contribution in [0.25, 0.3) is 22.1 Å². The normalized spacial score (nSPS) is 16.2. The van der Waals surface area contributed by atoms with E-state index in [4.69, 9.17) is 8.53 Å². The molecule has 124 valence electrons. The first-order chi connectivity index (χ1) is 13.3. The third-order valence-electron chi connectivity index (χ3n) is 4.69. The van der Waals surface area contributed by atoms with Crippen molar-refractivity contribution >= 4 is 39.3 Å². The minimum atomic E-state index is -2.29. The van der Waals surface area contributed by atoms with Crippen molar-refractivity contribution in [2.45, 2.75) is 13.8 Å². The Hall–Kier alpha value is -3.08. The van der Waals surface area contributed by atoms with Gasteiger partial charge in [-0.1, -0.05) is 12.1 Å². The summed E-state index contributed by atoms with van der Waals surface area (Å²) in [7, 11) is 0. The number of furan rings is 1. The Kier molecular flexibility index (Phi) is 2.27. The highest BCUT2D eigenvalue weighted by Crippen LogP contribution is 2.44. The maximum Gasteiger partial charge on any atom is 0.227 e. The van der Waals surface area contributed by atoms with Crippen molar-refractivity contribution in [3.05, 3.63) is 53.9 Å². The maximum absolute atomic E-state index is 7.90. The van der Waals surface area contributed by atoms with Crippen LogP contribution in [0.2, 0.25) is 0 Å². The van der Waals surface area contributed by atoms with Gasteiger partial charge in [-0.15, -0.1) is 0 Å². The summed E-state index contributed by atoms with van der Waals surface area (Å²) in [5.41, 5.74) is 4.75. The molecule has 0 radical (unpaired) electrons. The van der Waals surface area contributed by atoms with Crippen LogP contribution >= 0.6 is 0 Å². The molecule has 0 amide bonds. The van der Waals surface area contributed by atoms with Crippen LogP contribution in [-0.2, 0) is 0 Å². The zero-order chi connectivity index (χ0) is 19.6. The fourth-order valence-corrected chi connectivity index (χ4v) is 3.52. The Morgan fingerprint density at radius 3 is 2.88 bits per heavy atom. The molecule has 5 nitrogen and oxygen atoms in total. The van der Waals surface area contributed by atoms with E-state index in [1.54, 1.807) is 6.20 Å². The second-order valence-corrected chi connectivity index (χ2v) is 6.36. The van der Waals surface area contributed by atoms with Crippen molar-refractivity contribution in [2.24, 2.45) is 0 Å². The minimum absolute atomic E-state index is 0.173. The molecule has 0 aliphatic carbocycles. The van der Waals surface area contributed by atoms with Crippen molar-refractivity contribution < 1.29 is 8.53 Å². The van der Waals surface area contributed by atoms with Gasteiger partial charge in [0.1, 0.15) is 0 Å². The molecule has 0 fully saturated rings. The molecule has 4 aromatic rings. The molecule has 1 aliphatic rings. The van der Waals surface area contributed by atoms with Crippen molar-refractivity contribution in [1.29, 1.82) is 0 Å². The number of aromatic nitrogens is 2. The first kappa shape index (κ1) is 11.5. The van der Waals surface area contributed by atoms with Crippen molar-refractivity contribution in [1.82, 2.24) is 9.97 Å². The third kappa shape index (κ3) is 1.95. The van der Waals surface area contributed by atoms with Crippen LogP contribution in [0.15, 0.2) is 47.0 Å². The second kappa shape index (κ2) is 4.96. The highest BCUT2D eigenvalue weighted by atomic mass is 16.3. The molecule has 0 spiro atoms. The van der Waals surface area contributed by atoms with Crippen LogP contribution in [0, 0.1) is 13.8 Å². The van der Waals surface area contributed by atoms with Gasteiger partial charge in [-0.25, -0.2) is 9.97 Å². The van der Waals surface area contributed by atoms with Gasteiger partial charge in [0.25, 0.3) is 0 Å². The van der Waals surface area contributed by atoms with Crippen molar-refractivity contribution in [3.8, 4) is 0 Å². The van der Waals surface area contributed by atoms with Gasteiger partial charge in [0.15, 0.2) is 11.4 Å². The van der Waals surface area contributed by atoms with Crippen molar-refractivity contribution in [2.75, 3.05) is 23.4 Å². The van der Waals surface area contributed by atoms with Crippen LogP contribution < -0.4 is 9.80 Å². The van der Waals surface area contributed by atoms with Crippen LogP contribution in [0.1, 0.15) is 15.4 Å². The SMILES string of the molecule is [2H]C([2H])([2H])N1CN(c2c(C)ccc3c2oc2nc(C)ccc23)c2cccnc21. The van der Waals surface area contributed by atoms with E-state index in [-0.39, 0.29) is 6.67 Å². The van der Waals surface area contributed by atoms with E-state index >= 15 is 0 Å². The number of rotatable bonds is 1. The molecule has 0 bridgehead atoms. The summed E-state index contributed by atoms with van der Waals surface area (Å²) in [4.78, 5) is 12.1. The first-order valence-electron chi connectivity index (χ1n) is 9.64. The average molecular weight is 333 g/mol. The molecule has 0 atom stereocenters. The summed E-state index contributed by atoms with van der Waals surface area (Å²) in [6, 6.07) is 11.7. The van der Waals surface area contributed by atoms with Crippen LogP contribution in [0.3, 0.4) is 0 Å². The summed E-state index contributed by atoms with van der Waals surface area (Å²) >= 11 is 0. The zero-order valence-electron chi connectivity index (χ0n) is 16.9. The minimum Gasteiger partial charge on any atom is -0.435 e. The standard InChI is InChI=1S/C20H18N4O/c1-12-6-8-14-15-9-7-13(2)22-20(15)25-18(14)17(12)24-11-23(3)19-16(24)5-4-10-21-19/h4-10H,11H2,1-3H3/i3D3. The van der Waals surface area contributed by atoms with Gasteiger partial charge in [0.2, 0.25) is 5.71 Å². The molecule has 4 heterocycles. The number of nitrogens with zero attached hydrogens (tertiary/aromatic N) is 4. The smallest absolute Gasteiger partial charge is 0.227 e. The highest BCUT2D eigenvalue weighted by molar-refractivity contribution is 6.09. The van der Waals surface area contributed by atoms with Gasteiger partial charge in [-0.2, -0.15) is 0 Å². The van der Waals surface area contributed by atoms with Gasteiger partial charge >= 0.3 is 0 Å². The lowest BCUT2D eigenvalue weighted by Crippen LogP contribution is -2.24. The molecular formula is C20H18N4O. The third-order valence-corrected chi connectivity index (χ3v) is 4.69. The topological polar surface area (TPSA) is 45.4 Å². The quantitative estimate of drug-likeness (QED) is 0.512. The largest absolute Gasteiger partial charge is 0.435 e. The molecule has 5 rings (SSSR count). The Balaban J connectivity index is 1.78. The molecule has 1 aliphatic heterocycles. The molecule has 0 saturated carbocycles. The van der Waals surface area contributed by atoms with E-state index in [0.29, 0.717) is 17.1 Å². The van der Waals surface area contributed by atoms with E-state index in [0.717, 1.165) is 33.4 Å². The maximum atomic E-state index is 7.90. The number of fused-ring (bicyclic) bond motifs is 4. The van der Waals surface area contributed by atoms with E-state index in [1.165, 1.54) is 4.90 Å². The Morgan fingerprint density at radius 2 is 2.00 bits per heavy atom.